The van der Waals surface area contributed by atoms with Crippen LogP contribution < -0.4 is 0 Å². The van der Waals surface area contributed by atoms with Gasteiger partial charge in [-0.3, -0.25) is 4.79 Å². The number of carbonyl (C=O) groups is 1. The number of nitrogens with zero attached hydrogens (tertiary/aromatic N) is 4. The zero-order valence-electron chi connectivity index (χ0n) is 16.9. The first kappa shape index (κ1) is 20.7. The molecule has 3 aliphatic rings. The van der Waals surface area contributed by atoms with Gasteiger partial charge < -0.3 is 9.80 Å². The van der Waals surface area contributed by atoms with E-state index in [0.717, 1.165) is 37.9 Å². The lowest BCUT2D eigenvalue weighted by molar-refractivity contribution is -0.142. The second-order valence-electron chi connectivity index (χ2n) is 8.35. The average Bonchev–Trinajstić information content (AvgIpc) is 2.67. The number of carbonyl (C=O) groups excluding carboxylic acids is 1. The minimum atomic E-state index is -3.49. The van der Waals surface area contributed by atoms with Gasteiger partial charge in [-0.15, -0.1) is 0 Å². The van der Waals surface area contributed by atoms with Crippen molar-refractivity contribution >= 4 is 16.1 Å². The number of hydrogen-bond donors (Lipinski definition) is 0. The summed E-state index contributed by atoms with van der Waals surface area (Å²) in [6, 6.07) is 6.33. The molecule has 1 aromatic carbocycles. The predicted molar refractivity (Wildman–Crippen MR) is 108 cm³/mol. The smallest absolute Gasteiger partial charge is 0.282 e. The van der Waals surface area contributed by atoms with Gasteiger partial charge in [-0.05, 0) is 37.6 Å². The number of rotatable bonds is 4. The Morgan fingerprint density at radius 1 is 0.966 bits per heavy atom. The Labute approximate surface area is 172 Å². The summed E-state index contributed by atoms with van der Waals surface area (Å²) in [5.41, 5.74) is 0.0851. The van der Waals surface area contributed by atoms with Crippen molar-refractivity contribution in [3.05, 3.63) is 35.6 Å². The van der Waals surface area contributed by atoms with Crippen LogP contribution in [0.15, 0.2) is 24.3 Å². The van der Waals surface area contributed by atoms with Crippen LogP contribution in [0, 0.1) is 5.82 Å². The first-order valence-corrected chi connectivity index (χ1v) is 11.7. The van der Waals surface area contributed by atoms with E-state index >= 15 is 0 Å². The van der Waals surface area contributed by atoms with Gasteiger partial charge in [0.2, 0.25) is 5.91 Å². The number of piperazine rings is 2. The fraction of sp³-hybridized carbons (Fsp3) is 0.650. The van der Waals surface area contributed by atoms with Crippen LogP contribution in [0.3, 0.4) is 0 Å². The van der Waals surface area contributed by atoms with Crippen LogP contribution in [0.4, 0.5) is 4.39 Å². The maximum atomic E-state index is 13.7. The highest BCUT2D eigenvalue weighted by Gasteiger charge is 2.48. The predicted octanol–water partition coefficient (Wildman–Crippen LogP) is 0.884. The van der Waals surface area contributed by atoms with Gasteiger partial charge in [0.05, 0.1) is 5.41 Å². The van der Waals surface area contributed by atoms with E-state index in [1.165, 1.54) is 16.4 Å². The summed E-state index contributed by atoms with van der Waals surface area (Å²) in [5, 5.41) is 0. The second-order valence-corrected chi connectivity index (χ2v) is 10.3. The first-order valence-electron chi connectivity index (χ1n) is 10.3. The second kappa shape index (κ2) is 7.94. The summed E-state index contributed by atoms with van der Waals surface area (Å²) < 4.78 is 42.7. The first-order chi connectivity index (χ1) is 13.8. The zero-order chi connectivity index (χ0) is 20.6. The Morgan fingerprint density at radius 2 is 1.55 bits per heavy atom. The lowest BCUT2D eigenvalue weighted by Crippen LogP contribution is -2.60. The zero-order valence-corrected chi connectivity index (χ0v) is 17.7. The molecule has 0 unspecified atom stereocenters. The highest BCUT2D eigenvalue weighted by molar-refractivity contribution is 7.86. The quantitative estimate of drug-likeness (QED) is 0.720. The van der Waals surface area contributed by atoms with E-state index in [-0.39, 0.29) is 11.7 Å². The topological polar surface area (TPSA) is 64.2 Å². The largest absolute Gasteiger partial charge is 0.339 e. The van der Waals surface area contributed by atoms with Crippen molar-refractivity contribution in [3.63, 3.8) is 0 Å². The van der Waals surface area contributed by atoms with Crippen molar-refractivity contribution in [1.82, 2.24) is 18.4 Å². The molecule has 1 aliphatic carbocycles. The van der Waals surface area contributed by atoms with E-state index in [9.17, 15) is 17.6 Å². The molecular formula is C20H29FN4O3S. The Bertz CT molecular complexity index is 858. The van der Waals surface area contributed by atoms with Gasteiger partial charge in [0.25, 0.3) is 10.2 Å². The summed E-state index contributed by atoms with van der Waals surface area (Å²) in [6.45, 7) is 3.83. The third kappa shape index (κ3) is 3.81. The molecule has 160 valence electrons. The molecule has 0 radical (unpaired) electrons. The van der Waals surface area contributed by atoms with E-state index in [4.69, 9.17) is 0 Å². The highest BCUT2D eigenvalue weighted by Crippen LogP contribution is 2.45. The van der Waals surface area contributed by atoms with Crippen molar-refractivity contribution in [3.8, 4) is 0 Å². The van der Waals surface area contributed by atoms with E-state index < -0.39 is 15.6 Å². The van der Waals surface area contributed by atoms with Gasteiger partial charge in [0.1, 0.15) is 5.82 Å². The third-order valence-corrected chi connectivity index (χ3v) is 8.67. The molecule has 0 N–H and O–H groups in total. The molecule has 0 aromatic heterocycles. The number of benzene rings is 1. The average molecular weight is 425 g/mol. The molecule has 2 saturated heterocycles. The SMILES string of the molecule is CN1CCN(S(=O)(=O)N2CCN(C(=O)C3(c4cccc(F)c4)CCC3)CC2)CC1. The van der Waals surface area contributed by atoms with Crippen molar-refractivity contribution in [1.29, 1.82) is 0 Å². The van der Waals surface area contributed by atoms with E-state index in [2.05, 4.69) is 4.90 Å². The molecule has 4 rings (SSSR count). The van der Waals surface area contributed by atoms with Gasteiger partial charge >= 0.3 is 0 Å². The standard InChI is InChI=1S/C20H29FN4O3S/c1-22-8-12-24(13-9-22)29(27,28)25-14-10-23(11-15-25)19(26)20(6-3-7-20)17-4-2-5-18(21)16-17/h2,4-5,16H,3,6-15H2,1H3. The molecule has 0 bridgehead atoms. The Kier molecular flexibility index (Phi) is 5.67. The Morgan fingerprint density at radius 3 is 2.07 bits per heavy atom. The van der Waals surface area contributed by atoms with Crippen LogP contribution in [0.2, 0.25) is 0 Å². The number of halogens is 1. The number of likely N-dealkylation sites (N-methyl/N-ethyl adjacent to an activating group) is 1. The van der Waals surface area contributed by atoms with Crippen LogP contribution in [0.1, 0.15) is 24.8 Å². The van der Waals surface area contributed by atoms with Crippen LogP contribution >= 0.6 is 0 Å². The highest BCUT2D eigenvalue weighted by atomic mass is 32.2. The van der Waals surface area contributed by atoms with Gasteiger partial charge in [-0.25, -0.2) is 4.39 Å². The van der Waals surface area contributed by atoms with Crippen molar-refractivity contribution < 1.29 is 17.6 Å². The van der Waals surface area contributed by atoms with Crippen molar-refractivity contribution in [2.45, 2.75) is 24.7 Å². The van der Waals surface area contributed by atoms with Crippen molar-refractivity contribution in [2.75, 3.05) is 59.4 Å². The van der Waals surface area contributed by atoms with Gasteiger partial charge in [0.15, 0.2) is 0 Å². The summed E-state index contributed by atoms with van der Waals surface area (Å²) in [6.07, 6.45) is 2.38. The van der Waals surface area contributed by atoms with Crippen LogP contribution in [0.25, 0.3) is 0 Å². The minimum absolute atomic E-state index is 0.00555. The molecule has 0 atom stereocenters. The summed E-state index contributed by atoms with van der Waals surface area (Å²) >= 11 is 0. The van der Waals surface area contributed by atoms with E-state index in [1.54, 1.807) is 15.3 Å². The fourth-order valence-corrected chi connectivity index (χ4v) is 6.13. The number of amides is 1. The minimum Gasteiger partial charge on any atom is -0.339 e. The summed E-state index contributed by atoms with van der Waals surface area (Å²) in [4.78, 5) is 17.2. The monoisotopic (exact) mass is 424 g/mol. The van der Waals surface area contributed by atoms with E-state index in [0.29, 0.717) is 39.3 Å². The Hall–Kier alpha value is -1.55. The van der Waals surface area contributed by atoms with Crippen molar-refractivity contribution in [2.24, 2.45) is 0 Å². The van der Waals surface area contributed by atoms with Gasteiger partial charge in [-0.1, -0.05) is 18.6 Å². The molecule has 1 aromatic rings. The molecular weight excluding hydrogens is 395 g/mol. The fourth-order valence-electron chi connectivity index (χ4n) is 4.55. The maximum absolute atomic E-state index is 13.7. The molecule has 29 heavy (non-hydrogen) atoms. The maximum Gasteiger partial charge on any atom is 0.282 e. The molecule has 9 heteroatoms. The van der Waals surface area contributed by atoms with E-state index in [1.807, 2.05) is 13.1 Å². The van der Waals surface area contributed by atoms with Gasteiger partial charge in [-0.2, -0.15) is 17.0 Å². The molecule has 2 aliphatic heterocycles. The normalized spacial score (nSPS) is 24.3. The van der Waals surface area contributed by atoms with Crippen LogP contribution in [0.5, 0.6) is 0 Å². The lowest BCUT2D eigenvalue weighted by atomic mass is 9.63. The van der Waals surface area contributed by atoms with Crippen LogP contribution in [-0.2, 0) is 20.4 Å². The number of hydrogen-bond acceptors (Lipinski definition) is 4. The lowest BCUT2D eigenvalue weighted by Gasteiger charge is -2.46. The third-order valence-electron chi connectivity index (χ3n) is 6.63. The molecule has 1 saturated carbocycles. The van der Waals surface area contributed by atoms with Gasteiger partial charge in [0, 0.05) is 52.4 Å². The summed E-state index contributed by atoms with van der Waals surface area (Å²) in [7, 11) is -1.50. The summed E-state index contributed by atoms with van der Waals surface area (Å²) in [5.74, 6) is -0.323. The molecule has 1 amide bonds. The molecule has 2 heterocycles. The van der Waals surface area contributed by atoms with Crippen LogP contribution in [-0.4, -0.2) is 92.1 Å². The molecule has 7 nitrogen and oxygen atoms in total. The molecule has 3 fully saturated rings. The Balaban J connectivity index is 1.42. The molecule has 0 spiro atoms.